The number of hydrogen-bond donors (Lipinski definition) is 1. The van der Waals surface area contributed by atoms with Crippen LogP contribution in [-0.4, -0.2) is 20.2 Å². The van der Waals surface area contributed by atoms with Crippen LogP contribution < -0.4 is 10.6 Å². The molecule has 4 nitrogen and oxygen atoms in total. The van der Waals surface area contributed by atoms with E-state index in [0.717, 1.165) is 11.3 Å². The summed E-state index contributed by atoms with van der Waals surface area (Å²) in [6.07, 6.45) is 0. The summed E-state index contributed by atoms with van der Waals surface area (Å²) < 4.78 is 5.02. The number of benzene rings is 1. The molecular formula is C10H14N2O2. The van der Waals surface area contributed by atoms with Crippen molar-refractivity contribution in [2.45, 2.75) is 6.61 Å². The van der Waals surface area contributed by atoms with Gasteiger partial charge in [0.1, 0.15) is 0 Å². The molecule has 1 aromatic rings. The average Bonchev–Trinajstić information content (AvgIpc) is 2.18. The summed E-state index contributed by atoms with van der Waals surface area (Å²) in [7, 11) is 3.25. The van der Waals surface area contributed by atoms with Gasteiger partial charge in [-0.2, -0.15) is 0 Å². The van der Waals surface area contributed by atoms with E-state index in [1.807, 2.05) is 24.3 Å². The van der Waals surface area contributed by atoms with Crippen LogP contribution in [0.5, 0.6) is 0 Å². The molecule has 0 radical (unpaired) electrons. The minimum absolute atomic E-state index is 0.466. The van der Waals surface area contributed by atoms with Crippen LogP contribution in [0.4, 0.5) is 10.5 Å². The maximum Gasteiger partial charge on any atom is 0.319 e. The summed E-state index contributed by atoms with van der Waals surface area (Å²) in [4.78, 5) is 12.4. The zero-order chi connectivity index (χ0) is 10.6. The maximum atomic E-state index is 11.0. The molecule has 0 unspecified atom stereocenters. The first-order valence-corrected chi connectivity index (χ1v) is 4.27. The van der Waals surface area contributed by atoms with Gasteiger partial charge in [-0.1, -0.05) is 18.2 Å². The van der Waals surface area contributed by atoms with Gasteiger partial charge < -0.3 is 10.5 Å². The standard InChI is InChI=1S/C10H14N2O2/c1-12(10(11)13)9-6-4-3-5-8(9)7-14-2/h3-6H,7H2,1-2H3,(H2,11,13). The van der Waals surface area contributed by atoms with Gasteiger partial charge >= 0.3 is 6.03 Å². The number of urea groups is 1. The van der Waals surface area contributed by atoms with E-state index < -0.39 is 6.03 Å². The Balaban J connectivity index is 3.00. The van der Waals surface area contributed by atoms with Gasteiger partial charge in [0.25, 0.3) is 0 Å². The van der Waals surface area contributed by atoms with E-state index in [1.165, 1.54) is 4.90 Å². The number of amides is 2. The molecule has 0 spiro atoms. The number of carbonyl (C=O) groups excluding carboxylic acids is 1. The van der Waals surface area contributed by atoms with Crippen LogP contribution in [0.15, 0.2) is 24.3 Å². The van der Waals surface area contributed by atoms with Gasteiger partial charge in [-0.25, -0.2) is 4.79 Å². The van der Waals surface area contributed by atoms with Crippen molar-refractivity contribution in [1.82, 2.24) is 0 Å². The lowest BCUT2D eigenvalue weighted by molar-refractivity contribution is 0.185. The Morgan fingerprint density at radius 2 is 2.14 bits per heavy atom. The molecule has 0 fully saturated rings. The second-order valence-electron chi connectivity index (χ2n) is 2.96. The molecule has 1 aromatic carbocycles. The summed E-state index contributed by atoms with van der Waals surface area (Å²) >= 11 is 0. The van der Waals surface area contributed by atoms with E-state index in [4.69, 9.17) is 10.5 Å². The quantitative estimate of drug-likeness (QED) is 0.789. The van der Waals surface area contributed by atoms with Crippen molar-refractivity contribution in [2.24, 2.45) is 5.73 Å². The molecule has 0 heterocycles. The number of carbonyl (C=O) groups is 1. The molecule has 0 aromatic heterocycles. The second-order valence-corrected chi connectivity index (χ2v) is 2.96. The number of anilines is 1. The van der Waals surface area contributed by atoms with E-state index in [1.54, 1.807) is 14.2 Å². The predicted octanol–water partition coefficient (Wildman–Crippen LogP) is 1.35. The number of para-hydroxylation sites is 1. The van der Waals surface area contributed by atoms with Gasteiger partial charge in [0.2, 0.25) is 0 Å². The van der Waals surface area contributed by atoms with E-state index in [2.05, 4.69) is 0 Å². The lowest BCUT2D eigenvalue weighted by Gasteiger charge is -2.17. The molecule has 0 saturated heterocycles. The summed E-state index contributed by atoms with van der Waals surface area (Å²) in [5.41, 5.74) is 6.90. The van der Waals surface area contributed by atoms with Crippen molar-refractivity contribution in [3.05, 3.63) is 29.8 Å². The summed E-state index contributed by atoms with van der Waals surface area (Å²) in [6, 6.07) is 7.01. The third kappa shape index (κ3) is 2.23. The number of nitrogens with two attached hydrogens (primary N) is 1. The molecule has 0 atom stereocenters. The Morgan fingerprint density at radius 1 is 1.50 bits per heavy atom. The minimum atomic E-state index is -0.478. The third-order valence-electron chi connectivity index (χ3n) is 1.98. The normalized spacial score (nSPS) is 9.86. The molecule has 2 N–H and O–H groups in total. The van der Waals surface area contributed by atoms with Crippen LogP contribution in [0.2, 0.25) is 0 Å². The number of nitrogens with zero attached hydrogens (tertiary/aromatic N) is 1. The Labute approximate surface area is 83.3 Å². The largest absolute Gasteiger partial charge is 0.380 e. The molecule has 76 valence electrons. The lowest BCUT2D eigenvalue weighted by atomic mass is 10.2. The monoisotopic (exact) mass is 194 g/mol. The highest BCUT2D eigenvalue weighted by Gasteiger charge is 2.09. The van der Waals surface area contributed by atoms with Gasteiger partial charge in [-0.3, -0.25) is 4.90 Å². The first-order chi connectivity index (χ1) is 6.66. The Morgan fingerprint density at radius 3 is 2.71 bits per heavy atom. The van der Waals surface area contributed by atoms with Crippen LogP contribution in [0.25, 0.3) is 0 Å². The molecule has 0 saturated carbocycles. The highest BCUT2D eigenvalue weighted by molar-refractivity contribution is 5.90. The van der Waals surface area contributed by atoms with Gasteiger partial charge in [-0.15, -0.1) is 0 Å². The zero-order valence-corrected chi connectivity index (χ0v) is 8.36. The van der Waals surface area contributed by atoms with Crippen molar-refractivity contribution >= 4 is 11.7 Å². The van der Waals surface area contributed by atoms with Crippen molar-refractivity contribution in [3.63, 3.8) is 0 Å². The van der Waals surface area contributed by atoms with Crippen molar-refractivity contribution in [1.29, 1.82) is 0 Å². The van der Waals surface area contributed by atoms with E-state index in [-0.39, 0.29) is 0 Å². The average molecular weight is 194 g/mol. The molecule has 1 rings (SSSR count). The molecular weight excluding hydrogens is 180 g/mol. The van der Waals surface area contributed by atoms with Crippen molar-refractivity contribution in [3.8, 4) is 0 Å². The van der Waals surface area contributed by atoms with Crippen LogP contribution in [0.1, 0.15) is 5.56 Å². The minimum Gasteiger partial charge on any atom is -0.380 e. The van der Waals surface area contributed by atoms with E-state index in [0.29, 0.717) is 6.61 Å². The predicted molar refractivity (Wildman–Crippen MR) is 55.1 cm³/mol. The Hall–Kier alpha value is -1.55. The fourth-order valence-electron chi connectivity index (χ4n) is 1.23. The molecule has 0 bridgehead atoms. The fraction of sp³-hybridized carbons (Fsp3) is 0.300. The Bertz CT molecular complexity index is 326. The first-order valence-electron chi connectivity index (χ1n) is 4.27. The Kier molecular flexibility index (Phi) is 3.48. The van der Waals surface area contributed by atoms with E-state index in [9.17, 15) is 4.79 Å². The molecule has 2 amide bonds. The second kappa shape index (κ2) is 4.62. The van der Waals surface area contributed by atoms with Gasteiger partial charge in [0.15, 0.2) is 0 Å². The highest BCUT2D eigenvalue weighted by Crippen LogP contribution is 2.19. The molecule has 14 heavy (non-hydrogen) atoms. The van der Waals surface area contributed by atoms with Crippen LogP contribution in [0, 0.1) is 0 Å². The van der Waals surface area contributed by atoms with Crippen LogP contribution in [-0.2, 0) is 11.3 Å². The highest BCUT2D eigenvalue weighted by atomic mass is 16.5. The summed E-state index contributed by atoms with van der Waals surface area (Å²) in [5.74, 6) is 0. The first kappa shape index (κ1) is 10.5. The SMILES string of the molecule is COCc1ccccc1N(C)C(N)=O. The molecule has 0 aliphatic rings. The zero-order valence-electron chi connectivity index (χ0n) is 8.36. The number of methoxy groups -OCH3 is 1. The summed E-state index contributed by atoms with van der Waals surface area (Å²) in [6.45, 7) is 0.466. The van der Waals surface area contributed by atoms with Gasteiger partial charge in [-0.05, 0) is 6.07 Å². The molecule has 0 aliphatic heterocycles. The maximum absolute atomic E-state index is 11.0. The smallest absolute Gasteiger partial charge is 0.319 e. The lowest BCUT2D eigenvalue weighted by Crippen LogP contribution is -2.32. The van der Waals surface area contributed by atoms with Gasteiger partial charge in [0.05, 0.1) is 12.3 Å². The van der Waals surface area contributed by atoms with Crippen LogP contribution in [0.3, 0.4) is 0 Å². The fourth-order valence-corrected chi connectivity index (χ4v) is 1.23. The van der Waals surface area contributed by atoms with Crippen LogP contribution >= 0.6 is 0 Å². The molecule has 4 heteroatoms. The van der Waals surface area contributed by atoms with Crippen molar-refractivity contribution < 1.29 is 9.53 Å². The number of primary amides is 1. The van der Waals surface area contributed by atoms with Crippen molar-refractivity contribution in [2.75, 3.05) is 19.1 Å². The molecule has 0 aliphatic carbocycles. The summed E-state index contributed by atoms with van der Waals surface area (Å²) in [5, 5.41) is 0. The number of hydrogen-bond acceptors (Lipinski definition) is 2. The van der Waals surface area contributed by atoms with E-state index >= 15 is 0 Å². The topological polar surface area (TPSA) is 55.6 Å². The van der Waals surface area contributed by atoms with Gasteiger partial charge in [0, 0.05) is 19.7 Å². The third-order valence-corrected chi connectivity index (χ3v) is 1.98. The number of ether oxygens (including phenoxy) is 1. The number of rotatable bonds is 3.